The number of halogens is 1. The van der Waals surface area contributed by atoms with Crippen LogP contribution in [0.3, 0.4) is 0 Å². The molecule has 0 aliphatic carbocycles. The number of aromatic amines is 1. The van der Waals surface area contributed by atoms with E-state index in [1.807, 2.05) is 19.1 Å². The van der Waals surface area contributed by atoms with Crippen LogP contribution in [-0.2, 0) is 6.42 Å². The zero-order valence-corrected chi connectivity index (χ0v) is 14.8. The lowest BCUT2D eigenvalue weighted by molar-refractivity contribution is 0.102. The van der Waals surface area contributed by atoms with E-state index in [-0.39, 0.29) is 11.7 Å². The molecule has 2 aromatic heterocycles. The summed E-state index contributed by atoms with van der Waals surface area (Å²) in [6, 6.07) is 11.5. The van der Waals surface area contributed by atoms with Crippen LogP contribution in [0.5, 0.6) is 0 Å². The lowest BCUT2D eigenvalue weighted by Gasteiger charge is -2.05. The molecule has 0 saturated carbocycles. The molecule has 0 saturated heterocycles. The number of hydrogen-bond acceptors (Lipinski definition) is 4. The summed E-state index contributed by atoms with van der Waals surface area (Å²) >= 11 is 0. The summed E-state index contributed by atoms with van der Waals surface area (Å²) in [5.74, 6) is 0.570. The average Bonchev–Trinajstić information content (AvgIpc) is 3.25. The number of nitrogens with zero attached hydrogens (tertiary/aromatic N) is 2. The third kappa shape index (κ3) is 3.19. The largest absolute Gasteiger partial charge is 0.361 e. The second kappa shape index (κ2) is 6.68. The Morgan fingerprint density at radius 3 is 2.74 bits per heavy atom. The van der Waals surface area contributed by atoms with Crippen LogP contribution in [-0.4, -0.2) is 21.0 Å². The molecule has 2 N–H and O–H groups in total. The highest BCUT2D eigenvalue weighted by atomic mass is 19.1. The fourth-order valence-electron chi connectivity index (χ4n) is 2.98. The van der Waals surface area contributed by atoms with Crippen molar-refractivity contribution in [1.82, 2.24) is 15.1 Å². The zero-order valence-electron chi connectivity index (χ0n) is 14.8. The number of imidazole rings is 1. The van der Waals surface area contributed by atoms with Gasteiger partial charge in [-0.2, -0.15) is 0 Å². The van der Waals surface area contributed by atoms with Gasteiger partial charge in [-0.1, -0.05) is 12.1 Å². The van der Waals surface area contributed by atoms with Gasteiger partial charge in [0.25, 0.3) is 5.91 Å². The van der Waals surface area contributed by atoms with Gasteiger partial charge < -0.3 is 14.8 Å². The summed E-state index contributed by atoms with van der Waals surface area (Å²) in [5, 5.41) is 6.78. The number of amides is 1. The maximum Gasteiger partial charge on any atom is 0.261 e. The number of hydrogen-bond donors (Lipinski definition) is 2. The predicted octanol–water partition coefficient (Wildman–Crippen LogP) is 4.48. The minimum absolute atomic E-state index is 0.261. The topological polar surface area (TPSA) is 83.8 Å². The molecule has 0 unspecified atom stereocenters. The number of anilines is 1. The van der Waals surface area contributed by atoms with Crippen LogP contribution < -0.4 is 5.32 Å². The molecule has 0 fully saturated rings. The molecule has 0 aliphatic heterocycles. The first-order valence-electron chi connectivity index (χ1n) is 8.57. The van der Waals surface area contributed by atoms with Crippen LogP contribution in [0, 0.1) is 12.7 Å². The van der Waals surface area contributed by atoms with Crippen molar-refractivity contribution in [1.29, 1.82) is 0 Å². The third-order valence-electron chi connectivity index (χ3n) is 4.35. The number of aromatic nitrogens is 3. The molecule has 0 atom stereocenters. The number of aryl methyl sites for hydroxylation is 2. The molecule has 0 radical (unpaired) electrons. The van der Waals surface area contributed by atoms with E-state index in [0.717, 1.165) is 16.6 Å². The molecule has 0 bridgehead atoms. The van der Waals surface area contributed by atoms with Gasteiger partial charge in [0.05, 0.1) is 16.7 Å². The molecule has 4 rings (SSSR count). The van der Waals surface area contributed by atoms with Gasteiger partial charge in [-0.15, -0.1) is 0 Å². The molecule has 2 aromatic carbocycles. The normalized spacial score (nSPS) is 11.1. The van der Waals surface area contributed by atoms with E-state index >= 15 is 0 Å². The molecule has 4 aromatic rings. The van der Waals surface area contributed by atoms with Crippen molar-refractivity contribution < 1.29 is 13.7 Å². The first-order valence-corrected chi connectivity index (χ1v) is 8.57. The van der Waals surface area contributed by atoms with E-state index < -0.39 is 0 Å². The Morgan fingerprint density at radius 1 is 1.22 bits per heavy atom. The molecule has 1 amide bonds. The van der Waals surface area contributed by atoms with Crippen molar-refractivity contribution in [3.05, 3.63) is 65.3 Å². The molecule has 0 spiro atoms. The van der Waals surface area contributed by atoms with Crippen LogP contribution in [0.4, 0.5) is 10.1 Å². The fourth-order valence-corrected chi connectivity index (χ4v) is 2.98. The van der Waals surface area contributed by atoms with Crippen molar-refractivity contribution in [3.63, 3.8) is 0 Å². The number of carbonyl (C=O) groups is 1. The van der Waals surface area contributed by atoms with E-state index in [9.17, 15) is 9.18 Å². The van der Waals surface area contributed by atoms with Gasteiger partial charge in [0, 0.05) is 11.3 Å². The number of nitrogens with one attached hydrogen (secondary N) is 2. The number of H-pyrrole nitrogens is 1. The van der Waals surface area contributed by atoms with Gasteiger partial charge in [-0.25, -0.2) is 9.37 Å². The minimum atomic E-state index is -0.296. The van der Waals surface area contributed by atoms with Crippen molar-refractivity contribution in [3.8, 4) is 11.4 Å². The Kier molecular flexibility index (Phi) is 4.19. The van der Waals surface area contributed by atoms with Gasteiger partial charge in [-0.3, -0.25) is 4.79 Å². The monoisotopic (exact) mass is 364 g/mol. The second-order valence-electron chi connectivity index (χ2n) is 6.19. The predicted molar refractivity (Wildman–Crippen MR) is 100 cm³/mol. The van der Waals surface area contributed by atoms with Gasteiger partial charge in [0.2, 0.25) is 0 Å². The van der Waals surface area contributed by atoms with Crippen molar-refractivity contribution in [2.24, 2.45) is 0 Å². The maximum absolute atomic E-state index is 13.1. The Balaban J connectivity index is 1.62. The molecule has 2 heterocycles. The number of carbonyl (C=O) groups excluding carboxylic acids is 1. The SMILES string of the molecule is CCc1noc(C)c1C(=O)Nc1ccc2nc(-c3ccc(F)cc3)[nH]c2c1. The maximum atomic E-state index is 13.1. The van der Waals surface area contributed by atoms with Crippen LogP contribution in [0.2, 0.25) is 0 Å². The van der Waals surface area contributed by atoms with Crippen LogP contribution in [0.15, 0.2) is 47.0 Å². The van der Waals surface area contributed by atoms with Crippen molar-refractivity contribution in [2.75, 3.05) is 5.32 Å². The highest BCUT2D eigenvalue weighted by Crippen LogP contribution is 2.24. The molecule has 136 valence electrons. The average molecular weight is 364 g/mol. The lowest BCUT2D eigenvalue weighted by atomic mass is 10.1. The summed E-state index contributed by atoms with van der Waals surface area (Å²) < 4.78 is 18.2. The van der Waals surface area contributed by atoms with Gasteiger partial charge in [0.15, 0.2) is 0 Å². The summed E-state index contributed by atoms with van der Waals surface area (Å²) in [6.45, 7) is 3.63. The van der Waals surface area contributed by atoms with Crippen LogP contribution >= 0.6 is 0 Å². The van der Waals surface area contributed by atoms with E-state index in [4.69, 9.17) is 4.52 Å². The Bertz CT molecular complexity index is 1130. The summed E-state index contributed by atoms with van der Waals surface area (Å²) in [7, 11) is 0. The van der Waals surface area contributed by atoms with Gasteiger partial charge in [-0.05, 0) is 55.8 Å². The standard InChI is InChI=1S/C20H17FN4O2/c1-3-15-18(11(2)27-25-15)20(26)22-14-8-9-16-17(10-14)24-19(23-16)12-4-6-13(21)7-5-12/h4-10H,3H2,1-2H3,(H,22,26)(H,23,24). The van der Waals surface area contributed by atoms with Crippen molar-refractivity contribution >= 4 is 22.6 Å². The molecular formula is C20H17FN4O2. The first-order chi connectivity index (χ1) is 13.0. The summed E-state index contributed by atoms with van der Waals surface area (Å²) in [4.78, 5) is 20.3. The zero-order chi connectivity index (χ0) is 19.0. The van der Waals surface area contributed by atoms with Gasteiger partial charge in [0.1, 0.15) is 23.0 Å². The second-order valence-corrected chi connectivity index (χ2v) is 6.19. The summed E-state index contributed by atoms with van der Waals surface area (Å²) in [5.41, 5.74) is 4.03. The van der Waals surface area contributed by atoms with Crippen molar-refractivity contribution in [2.45, 2.75) is 20.3 Å². The van der Waals surface area contributed by atoms with E-state index in [0.29, 0.717) is 35.0 Å². The highest BCUT2D eigenvalue weighted by Gasteiger charge is 2.19. The smallest absolute Gasteiger partial charge is 0.261 e. The molecule has 7 heteroatoms. The minimum Gasteiger partial charge on any atom is -0.361 e. The Morgan fingerprint density at radius 2 is 2.00 bits per heavy atom. The first kappa shape index (κ1) is 17.0. The third-order valence-corrected chi connectivity index (χ3v) is 4.35. The highest BCUT2D eigenvalue weighted by molar-refractivity contribution is 6.06. The quantitative estimate of drug-likeness (QED) is 0.559. The lowest BCUT2D eigenvalue weighted by Crippen LogP contribution is -2.14. The molecule has 6 nitrogen and oxygen atoms in total. The number of benzene rings is 2. The number of fused-ring (bicyclic) bond motifs is 1. The van der Waals surface area contributed by atoms with E-state index in [2.05, 4.69) is 20.4 Å². The molecular weight excluding hydrogens is 347 g/mol. The van der Waals surface area contributed by atoms with Gasteiger partial charge >= 0.3 is 0 Å². The fraction of sp³-hybridized carbons (Fsp3) is 0.150. The molecule has 27 heavy (non-hydrogen) atoms. The Labute approximate surface area is 154 Å². The number of rotatable bonds is 4. The van der Waals surface area contributed by atoms with Crippen LogP contribution in [0.1, 0.15) is 28.7 Å². The summed E-state index contributed by atoms with van der Waals surface area (Å²) in [6.07, 6.45) is 0.612. The Hall–Kier alpha value is -3.48. The van der Waals surface area contributed by atoms with E-state index in [1.165, 1.54) is 12.1 Å². The molecule has 0 aliphatic rings. The van der Waals surface area contributed by atoms with Crippen LogP contribution in [0.25, 0.3) is 22.4 Å². The van der Waals surface area contributed by atoms with E-state index in [1.54, 1.807) is 25.1 Å².